The highest BCUT2D eigenvalue weighted by molar-refractivity contribution is 8.05. The quantitative estimate of drug-likeness (QED) is 0.0416. The third-order valence-electron chi connectivity index (χ3n) is 9.63. The molecule has 5 aromatic rings. The number of para-hydroxylation sites is 3. The Labute approximate surface area is 449 Å². The number of esters is 2. The van der Waals surface area contributed by atoms with Crippen molar-refractivity contribution in [3.63, 3.8) is 0 Å². The molecule has 75 heavy (non-hydrogen) atoms. The number of nitrogen functional groups attached to an aromatic ring is 1. The molecule has 0 radical (unpaired) electrons. The summed E-state index contributed by atoms with van der Waals surface area (Å²) < 4.78 is 96.6. The second-order valence-electron chi connectivity index (χ2n) is 19.2. The molecule has 1 saturated heterocycles. The maximum atomic E-state index is 15.7. The SMILES string of the molecule is CCOc1nc(N)nc2c1ncn2[C@@H]1O[C@H](COP(=O)(N[C@@H](C)C(=O)OCC(C)(C)C)Oc2ccccc2)[C@@H](F)[C@@]1(C)O.C[C@H](NP(=O)(Cl)Oc1ccccc1)C(=O)OCC(C)(C)C.O=P(Cl)(Cl)Oc1ccccc1. The van der Waals surface area contributed by atoms with Gasteiger partial charge in [0.25, 0.3) is 0 Å². The Bertz CT molecular complexity index is 2780. The Hall–Kier alpha value is -4.56. The van der Waals surface area contributed by atoms with Crippen LogP contribution in [0.3, 0.4) is 0 Å². The van der Waals surface area contributed by atoms with Crippen molar-refractivity contribution in [1.82, 2.24) is 29.7 Å². The zero-order valence-electron chi connectivity index (χ0n) is 42.9. The second kappa shape index (κ2) is 27.2. The maximum Gasteiger partial charge on any atom is 0.459 e. The van der Waals surface area contributed by atoms with Crippen LogP contribution in [0.25, 0.3) is 11.2 Å². The number of halogens is 4. The summed E-state index contributed by atoms with van der Waals surface area (Å²) in [6, 6.07) is 23.2. The lowest BCUT2D eigenvalue weighted by atomic mass is 9.98. The highest BCUT2D eigenvalue weighted by Crippen LogP contribution is 2.57. The Morgan fingerprint density at radius 1 is 0.800 bits per heavy atom. The largest absolute Gasteiger partial charge is 0.476 e. The molecule has 0 saturated carbocycles. The topological polar surface area (TPSA) is 273 Å². The summed E-state index contributed by atoms with van der Waals surface area (Å²) in [7, 11) is -4.33. The summed E-state index contributed by atoms with van der Waals surface area (Å²) in [6.07, 6.45) is -6.91. The van der Waals surface area contributed by atoms with Gasteiger partial charge in [0.15, 0.2) is 23.6 Å². The van der Waals surface area contributed by atoms with Crippen molar-refractivity contribution in [3.8, 4) is 23.1 Å². The normalized spacial score (nSPS) is 20.1. The standard InChI is InChI=1S/C27H38FN6O8P.C14H21ClNO4P.C6H5Cl2O2P/c1-7-38-22-19-21(31-25(29)32-22)34(15-30-19)24-27(6,36)20(28)18(41-24)13-40-43(37,42-17-11-9-8-10-12-17)33-16(2)23(35)39-14-26(3,4)5;1-11(13(17)19-10-14(2,3)4)16-21(15,18)20-12-8-6-5-7-9-12;7-11(8,9)10-6-4-2-1-3-5-6/h8-12,15-16,18,20,24,36H,7,13-14H2,1-6H3,(H,33,37)(H2,29,31,32);5-9,11H,10H2,1-4H3,(H,16,18);1-5H/t16-,18+,20+,24+,27+,43?;11-,21?;/m00./s1. The van der Waals surface area contributed by atoms with Crippen molar-refractivity contribution in [2.45, 2.75) is 105 Å². The van der Waals surface area contributed by atoms with Crippen LogP contribution < -0.4 is 34.2 Å². The third-order valence-corrected chi connectivity index (χ3v) is 13.8. The number of benzene rings is 3. The smallest absolute Gasteiger partial charge is 0.459 e. The predicted octanol–water partition coefficient (Wildman–Crippen LogP) is 11.2. The fourth-order valence-electron chi connectivity index (χ4n) is 6.20. The van der Waals surface area contributed by atoms with Crippen LogP contribution in [0.5, 0.6) is 23.1 Å². The highest BCUT2D eigenvalue weighted by atomic mass is 35.9. The molecule has 6 rings (SSSR count). The Morgan fingerprint density at radius 3 is 1.73 bits per heavy atom. The van der Waals surface area contributed by atoms with Gasteiger partial charge in [-0.15, -0.1) is 0 Å². The van der Waals surface area contributed by atoms with E-state index < -0.39 is 75.4 Å². The second-order valence-corrected chi connectivity index (χ2v) is 27.9. The molecule has 28 heteroatoms. The van der Waals surface area contributed by atoms with E-state index in [9.17, 15) is 28.4 Å². The maximum absolute atomic E-state index is 15.7. The van der Waals surface area contributed by atoms with Gasteiger partial charge in [-0.25, -0.2) is 28.2 Å². The summed E-state index contributed by atoms with van der Waals surface area (Å²) in [5.74, 6) is -0.263. The molecule has 1 aliphatic heterocycles. The Kier molecular flexibility index (Phi) is 22.8. The lowest BCUT2D eigenvalue weighted by molar-refractivity contribution is -0.148. The fourth-order valence-corrected chi connectivity index (χ4v) is 10.2. The van der Waals surface area contributed by atoms with E-state index in [0.29, 0.717) is 11.5 Å². The summed E-state index contributed by atoms with van der Waals surface area (Å²) in [5.41, 5.74) is 3.70. The van der Waals surface area contributed by atoms with Gasteiger partial charge in [0.05, 0.1) is 32.8 Å². The first-order valence-corrected chi connectivity index (χ1v) is 30.6. The molecule has 8 atom stereocenters. The van der Waals surface area contributed by atoms with Gasteiger partial charge in [0, 0.05) is 33.7 Å². The molecule has 414 valence electrons. The van der Waals surface area contributed by atoms with Crippen molar-refractivity contribution >= 4 is 83.5 Å². The van der Waals surface area contributed by atoms with Crippen LogP contribution in [-0.2, 0) is 42.0 Å². The number of anilines is 1. The van der Waals surface area contributed by atoms with Crippen molar-refractivity contribution < 1.29 is 69.8 Å². The number of nitrogens with one attached hydrogen (secondary N) is 2. The van der Waals surface area contributed by atoms with Gasteiger partial charge in [0.2, 0.25) is 11.8 Å². The van der Waals surface area contributed by atoms with Gasteiger partial charge < -0.3 is 43.4 Å². The Balaban J connectivity index is 0.000000312. The fraction of sp³-hybridized carbons (Fsp3) is 0.468. The summed E-state index contributed by atoms with van der Waals surface area (Å²) in [6.45, 7) is 13.9. The number of nitrogens with zero attached hydrogens (tertiary/aromatic N) is 4. The monoisotopic (exact) mass is 1170 g/mol. The molecule has 0 aliphatic carbocycles. The van der Waals surface area contributed by atoms with Crippen LogP contribution in [-0.4, -0.2) is 93.0 Å². The first-order chi connectivity index (χ1) is 34.8. The molecule has 2 aromatic heterocycles. The predicted molar refractivity (Wildman–Crippen MR) is 284 cm³/mol. The molecule has 5 N–H and O–H groups in total. The molecule has 21 nitrogen and oxygen atoms in total. The van der Waals surface area contributed by atoms with Gasteiger partial charge >= 0.3 is 32.6 Å². The summed E-state index contributed by atoms with van der Waals surface area (Å²) in [5, 5.41) is 16.2. The number of carbonyl (C=O) groups is 2. The average Bonchev–Trinajstić information content (AvgIpc) is 3.82. The molecule has 0 spiro atoms. The van der Waals surface area contributed by atoms with E-state index >= 15 is 4.39 Å². The van der Waals surface area contributed by atoms with Crippen LogP contribution in [0.15, 0.2) is 97.3 Å². The van der Waals surface area contributed by atoms with E-state index in [1.807, 2.05) is 41.5 Å². The number of alkyl halides is 1. The van der Waals surface area contributed by atoms with E-state index in [1.54, 1.807) is 97.9 Å². The van der Waals surface area contributed by atoms with Gasteiger partial charge in [-0.2, -0.15) is 15.1 Å². The molecule has 0 amide bonds. The minimum Gasteiger partial charge on any atom is -0.476 e. The molecule has 2 unspecified atom stereocenters. The first kappa shape index (κ1) is 63.0. The number of aromatic nitrogens is 4. The molecule has 3 heterocycles. The molecular formula is C47H64Cl3FN7O14P3. The number of nitrogens with two attached hydrogens (primary N) is 1. The van der Waals surface area contributed by atoms with E-state index in [2.05, 4.69) is 29.7 Å². The van der Waals surface area contributed by atoms with Gasteiger partial charge in [0.1, 0.15) is 41.0 Å². The zero-order valence-corrected chi connectivity index (χ0v) is 47.9. The number of carbonyl (C=O) groups excluding carboxylic acids is 2. The van der Waals surface area contributed by atoms with Crippen LogP contribution in [0.2, 0.25) is 0 Å². The number of aliphatic hydroxyl groups is 1. The van der Waals surface area contributed by atoms with E-state index in [-0.39, 0.29) is 59.4 Å². The zero-order chi connectivity index (χ0) is 56.0. The van der Waals surface area contributed by atoms with Gasteiger partial charge in [-0.1, -0.05) is 96.1 Å². The van der Waals surface area contributed by atoms with Crippen LogP contribution in [0, 0.1) is 10.8 Å². The molecule has 1 fully saturated rings. The van der Waals surface area contributed by atoms with E-state index in [1.165, 1.54) is 31.7 Å². The number of hydrogen-bond acceptors (Lipinski definition) is 18. The Morgan fingerprint density at radius 2 is 1.27 bits per heavy atom. The van der Waals surface area contributed by atoms with Crippen LogP contribution in [0.4, 0.5) is 10.3 Å². The lowest BCUT2D eigenvalue weighted by Crippen LogP contribution is -2.42. The van der Waals surface area contributed by atoms with Crippen LogP contribution in [0.1, 0.15) is 75.5 Å². The van der Waals surface area contributed by atoms with E-state index in [0.717, 1.165) is 0 Å². The summed E-state index contributed by atoms with van der Waals surface area (Å²) in [4.78, 5) is 36.9. The number of rotatable bonds is 20. The van der Waals surface area contributed by atoms with E-state index in [4.69, 9.17) is 72.0 Å². The molecular weight excluding hydrogens is 1100 g/mol. The van der Waals surface area contributed by atoms with Gasteiger partial charge in [-0.3, -0.25) is 18.7 Å². The highest BCUT2D eigenvalue weighted by Gasteiger charge is 2.55. The van der Waals surface area contributed by atoms with Crippen molar-refractivity contribution in [2.24, 2.45) is 10.8 Å². The number of ether oxygens (including phenoxy) is 4. The molecule has 1 aliphatic rings. The van der Waals surface area contributed by atoms with Crippen molar-refractivity contribution in [2.75, 3.05) is 32.2 Å². The minimum absolute atomic E-state index is 0.118. The number of fused-ring (bicyclic) bond motifs is 1. The number of imidazole rings is 1. The summed E-state index contributed by atoms with van der Waals surface area (Å²) >= 11 is 16.1. The number of hydrogen-bond donors (Lipinski definition) is 4. The third kappa shape index (κ3) is 21.1. The molecule has 0 bridgehead atoms. The lowest BCUT2D eigenvalue weighted by Gasteiger charge is -2.26. The van der Waals surface area contributed by atoms with Crippen molar-refractivity contribution in [1.29, 1.82) is 0 Å². The minimum atomic E-state index is -4.33. The van der Waals surface area contributed by atoms with Gasteiger partial charge in [-0.05, 0) is 74.9 Å². The van der Waals surface area contributed by atoms with Crippen molar-refractivity contribution in [3.05, 3.63) is 97.3 Å². The first-order valence-electron chi connectivity index (χ1n) is 23.1. The van der Waals surface area contributed by atoms with Crippen LogP contribution >= 0.6 is 54.4 Å². The molecule has 3 aromatic carbocycles. The average molecular weight is 1170 g/mol.